The number of ether oxygens (including phenoxy) is 4. The van der Waals surface area contributed by atoms with Gasteiger partial charge in [-0.05, 0) is 50.5 Å². The lowest BCUT2D eigenvalue weighted by molar-refractivity contribution is -0.198. The Bertz CT molecular complexity index is 1290. The van der Waals surface area contributed by atoms with E-state index in [0.29, 0.717) is 38.0 Å². The van der Waals surface area contributed by atoms with Gasteiger partial charge in [0.1, 0.15) is 12.7 Å². The number of aliphatic hydroxyl groups is 3. The van der Waals surface area contributed by atoms with Crippen LogP contribution in [0.5, 0.6) is 0 Å². The van der Waals surface area contributed by atoms with Gasteiger partial charge in [0.25, 0.3) is 0 Å². The summed E-state index contributed by atoms with van der Waals surface area (Å²) in [5.41, 5.74) is 0.954. The molecule has 2 fully saturated rings. The second-order valence-corrected chi connectivity index (χ2v) is 14.6. The summed E-state index contributed by atoms with van der Waals surface area (Å²) in [5, 5.41) is 31.6. The first kappa shape index (κ1) is 41.3. The van der Waals surface area contributed by atoms with Gasteiger partial charge in [0, 0.05) is 31.3 Å². The zero-order valence-corrected chi connectivity index (χ0v) is 30.6. The lowest BCUT2D eigenvalue weighted by atomic mass is 9.73. The van der Waals surface area contributed by atoms with Crippen molar-refractivity contribution in [2.75, 3.05) is 13.2 Å². The lowest BCUT2D eigenvalue weighted by Gasteiger charge is -2.47. The summed E-state index contributed by atoms with van der Waals surface area (Å²) in [6.07, 6.45) is 21.0. The largest absolute Gasteiger partial charge is 0.459 e. The maximum atomic E-state index is 13.0. The third-order valence-electron chi connectivity index (χ3n) is 9.79. The van der Waals surface area contributed by atoms with E-state index < -0.39 is 41.8 Å². The Labute approximate surface area is 299 Å². The number of carbonyl (C=O) groups excluding carboxylic acids is 2. The maximum Gasteiger partial charge on any atom is 0.335 e. The van der Waals surface area contributed by atoms with Gasteiger partial charge in [-0.2, -0.15) is 0 Å². The Kier molecular flexibility index (Phi) is 17.1. The van der Waals surface area contributed by atoms with Crippen LogP contribution in [0.1, 0.15) is 86.0 Å². The number of hydrogen-bond acceptors (Lipinski definition) is 9. The van der Waals surface area contributed by atoms with E-state index in [1.54, 1.807) is 18.2 Å². The Hall–Kier alpha value is -3.08. The van der Waals surface area contributed by atoms with E-state index in [1.807, 2.05) is 57.2 Å². The van der Waals surface area contributed by atoms with Crippen LogP contribution in [0.25, 0.3) is 0 Å². The van der Waals surface area contributed by atoms with Crippen LogP contribution in [-0.4, -0.2) is 83.2 Å². The maximum absolute atomic E-state index is 13.0. The highest BCUT2D eigenvalue weighted by Crippen LogP contribution is 2.41. The molecule has 0 aliphatic carbocycles. The summed E-state index contributed by atoms with van der Waals surface area (Å²) in [4.78, 5) is 25.3. The van der Waals surface area contributed by atoms with Gasteiger partial charge in [-0.15, -0.1) is 0 Å². The van der Waals surface area contributed by atoms with E-state index in [2.05, 4.69) is 26.5 Å². The molecule has 9 heteroatoms. The van der Waals surface area contributed by atoms with Crippen molar-refractivity contribution in [3.8, 4) is 0 Å². The molecule has 9 nitrogen and oxygen atoms in total. The SMILES string of the molecule is C=C(CCC(C)C)COC(=O)[C@H](O)C/C=C\C[C@@H]1O[C@@H]2/C=C/C/C=C/C(C)=C\[C@@H]3O[C@H](C/C=C/C=C/C(=O)O[C@H](C2)[C@@]1(C)CO)C[C@@H](O)[C@@H]3C. The van der Waals surface area contributed by atoms with E-state index in [0.717, 1.165) is 24.0 Å². The monoisotopic (exact) mass is 696 g/mol. The number of rotatable bonds is 11. The fraction of sp³-hybridized carbons (Fsp3) is 0.610. The van der Waals surface area contributed by atoms with Crippen LogP contribution in [0, 0.1) is 17.3 Å². The first-order valence-corrected chi connectivity index (χ1v) is 18.1. The third-order valence-corrected chi connectivity index (χ3v) is 9.79. The molecule has 2 saturated heterocycles. The van der Waals surface area contributed by atoms with E-state index in [4.69, 9.17) is 18.9 Å². The molecule has 0 saturated carbocycles. The Balaban J connectivity index is 1.71. The van der Waals surface area contributed by atoms with Crippen molar-refractivity contribution >= 4 is 11.9 Å². The number of aliphatic hydroxyl groups excluding tert-OH is 3. The average Bonchev–Trinajstić information content (AvgIpc) is 3.07. The predicted molar refractivity (Wildman–Crippen MR) is 195 cm³/mol. The van der Waals surface area contributed by atoms with E-state index in [-0.39, 0.29) is 43.9 Å². The first-order valence-electron chi connectivity index (χ1n) is 18.1. The minimum atomic E-state index is -1.31. The molecule has 0 radical (unpaired) electrons. The minimum absolute atomic E-state index is 0.0218. The number of carbonyl (C=O) groups is 2. The van der Waals surface area contributed by atoms with Crippen LogP contribution in [-0.2, 0) is 28.5 Å². The number of hydrogen-bond donors (Lipinski definition) is 3. The van der Waals surface area contributed by atoms with Crippen LogP contribution < -0.4 is 0 Å². The molecule has 278 valence electrons. The Morgan fingerprint density at radius 1 is 1.14 bits per heavy atom. The summed E-state index contributed by atoms with van der Waals surface area (Å²) in [6.45, 7) is 13.9. The van der Waals surface area contributed by atoms with Gasteiger partial charge < -0.3 is 34.3 Å². The van der Waals surface area contributed by atoms with Crippen molar-refractivity contribution in [2.24, 2.45) is 17.3 Å². The highest BCUT2D eigenvalue weighted by molar-refractivity contribution is 5.82. The summed E-state index contributed by atoms with van der Waals surface area (Å²) in [7, 11) is 0. The van der Waals surface area contributed by atoms with Crippen LogP contribution in [0.2, 0.25) is 0 Å². The minimum Gasteiger partial charge on any atom is -0.459 e. The molecule has 50 heavy (non-hydrogen) atoms. The molecule has 0 aromatic heterocycles. The fourth-order valence-corrected chi connectivity index (χ4v) is 6.27. The van der Waals surface area contributed by atoms with Gasteiger partial charge in [0.15, 0.2) is 6.10 Å². The molecule has 3 rings (SSSR count). The van der Waals surface area contributed by atoms with Gasteiger partial charge in [-0.1, -0.05) is 101 Å². The van der Waals surface area contributed by atoms with E-state index in [1.165, 1.54) is 6.08 Å². The topological polar surface area (TPSA) is 132 Å². The van der Waals surface area contributed by atoms with Crippen LogP contribution in [0.4, 0.5) is 0 Å². The molecule has 4 bridgehead atoms. The molecule has 3 heterocycles. The summed E-state index contributed by atoms with van der Waals surface area (Å²) in [5.74, 6) is -0.720. The average molecular weight is 697 g/mol. The van der Waals surface area contributed by atoms with Crippen molar-refractivity contribution in [3.63, 3.8) is 0 Å². The van der Waals surface area contributed by atoms with Gasteiger partial charge in [0.2, 0.25) is 0 Å². The van der Waals surface area contributed by atoms with Crippen LogP contribution in [0.3, 0.4) is 0 Å². The molecule has 0 unspecified atom stereocenters. The van der Waals surface area contributed by atoms with Crippen LogP contribution in [0.15, 0.2) is 84.6 Å². The molecule has 0 spiro atoms. The zero-order valence-electron chi connectivity index (χ0n) is 30.6. The summed E-state index contributed by atoms with van der Waals surface area (Å²) >= 11 is 0. The van der Waals surface area contributed by atoms with Gasteiger partial charge >= 0.3 is 11.9 Å². The highest BCUT2D eigenvalue weighted by atomic mass is 16.6. The van der Waals surface area contributed by atoms with Crippen LogP contribution >= 0.6 is 0 Å². The zero-order chi connectivity index (χ0) is 36.7. The van der Waals surface area contributed by atoms with Gasteiger partial charge in [-0.3, -0.25) is 0 Å². The fourth-order valence-electron chi connectivity index (χ4n) is 6.27. The molecule has 0 aromatic carbocycles. The molecule has 3 aliphatic rings. The quantitative estimate of drug-likeness (QED) is 0.166. The lowest BCUT2D eigenvalue weighted by Crippen LogP contribution is -2.55. The number of fused-ring (bicyclic) bond motifs is 4. The van der Waals surface area contributed by atoms with Crippen molar-refractivity contribution in [3.05, 3.63) is 84.6 Å². The third kappa shape index (κ3) is 13.2. The van der Waals surface area contributed by atoms with Gasteiger partial charge in [-0.25, -0.2) is 9.59 Å². The molecule has 3 N–H and O–H groups in total. The van der Waals surface area contributed by atoms with E-state index >= 15 is 0 Å². The predicted octanol–water partition coefficient (Wildman–Crippen LogP) is 6.41. The Morgan fingerprint density at radius 2 is 1.92 bits per heavy atom. The molecule has 3 aliphatic heterocycles. The Morgan fingerprint density at radius 3 is 2.66 bits per heavy atom. The van der Waals surface area contributed by atoms with Crippen molar-refractivity contribution < 1.29 is 43.9 Å². The second-order valence-electron chi connectivity index (χ2n) is 14.6. The first-order chi connectivity index (χ1) is 23.8. The summed E-state index contributed by atoms with van der Waals surface area (Å²) in [6, 6.07) is 0. The highest BCUT2D eigenvalue weighted by Gasteiger charge is 2.49. The summed E-state index contributed by atoms with van der Waals surface area (Å²) < 4.78 is 23.9. The van der Waals surface area contributed by atoms with E-state index in [9.17, 15) is 24.9 Å². The second kappa shape index (κ2) is 20.7. The standard InChI is InChI=1S/C41H60O9/c1-28(2)21-22-30(4)26-47-40(46)34(43)18-13-14-19-37-41(6,27-42)38-25-33(49-37)17-10-7-9-15-29(3)23-36-31(5)35(44)24-32(48-36)16-11-8-12-20-39(45)50-38/h8-15,17,20,23,28,31-38,42-44H,4,7,16,18-19,21-22,24-27H2,1-3,5-6H3/b11-8+,14-13-,15-9+,17-10+,20-12+,29-23-/t31-,32+,33+,34+,35+,36-,37-,38+,41-/m0/s1. The molecule has 0 aromatic rings. The smallest absolute Gasteiger partial charge is 0.335 e. The van der Waals surface area contributed by atoms with Crippen molar-refractivity contribution in [2.45, 2.75) is 129 Å². The normalized spacial score (nSPS) is 35.3. The molecule has 0 amide bonds. The number of allylic oxidation sites excluding steroid dienone is 6. The molecular weight excluding hydrogens is 636 g/mol. The molecule has 9 atom stereocenters. The van der Waals surface area contributed by atoms with Gasteiger partial charge in [0.05, 0.1) is 42.5 Å². The number of esters is 2. The van der Waals surface area contributed by atoms with Crippen molar-refractivity contribution in [1.82, 2.24) is 0 Å². The van der Waals surface area contributed by atoms with Crippen molar-refractivity contribution in [1.29, 1.82) is 0 Å². The molecular formula is C41H60O9.